The number of rotatable bonds is 5. The molecule has 0 aromatic heterocycles. The Kier molecular flexibility index (Phi) is 4.77. The van der Waals surface area contributed by atoms with Gasteiger partial charge in [-0.15, -0.1) is 0 Å². The molecule has 1 nitrogen and oxygen atoms in total. The minimum absolute atomic E-state index is 0.915. The number of hydrogen-bond acceptors (Lipinski definition) is 1. The van der Waals surface area contributed by atoms with Crippen molar-refractivity contribution in [1.29, 1.82) is 0 Å². The molecule has 0 fully saturated rings. The lowest BCUT2D eigenvalue weighted by Crippen LogP contribution is -2.22. The van der Waals surface area contributed by atoms with Gasteiger partial charge < -0.3 is 4.90 Å². The molecule has 0 saturated carbocycles. The van der Waals surface area contributed by atoms with E-state index < -0.39 is 0 Å². The van der Waals surface area contributed by atoms with Crippen LogP contribution in [0.3, 0.4) is 0 Å². The molecule has 0 aliphatic carbocycles. The first-order chi connectivity index (χ1) is 11.2. The van der Waals surface area contributed by atoms with E-state index in [1.807, 2.05) is 0 Å². The van der Waals surface area contributed by atoms with Crippen molar-refractivity contribution in [3.8, 4) is 0 Å². The van der Waals surface area contributed by atoms with Crippen LogP contribution in [0.15, 0.2) is 78.9 Å². The summed E-state index contributed by atoms with van der Waals surface area (Å²) in [6.45, 7) is 6.09. The van der Waals surface area contributed by atoms with Crippen molar-refractivity contribution >= 4 is 5.69 Å². The number of hydrogen-bond donors (Lipinski definition) is 0. The Morgan fingerprint density at radius 1 is 0.565 bits per heavy atom. The van der Waals surface area contributed by atoms with Gasteiger partial charge in [0.05, 0.1) is 0 Å². The number of anilines is 1. The molecule has 3 rings (SSSR count). The number of benzene rings is 3. The lowest BCUT2D eigenvalue weighted by Gasteiger charge is -2.25. The predicted octanol–water partition coefficient (Wildman–Crippen LogP) is 5.51. The molecule has 0 aliphatic rings. The fourth-order valence-corrected chi connectivity index (χ4v) is 2.71. The van der Waals surface area contributed by atoms with Gasteiger partial charge in [-0.3, -0.25) is 0 Å². The zero-order chi connectivity index (χ0) is 16.1. The van der Waals surface area contributed by atoms with Crippen LogP contribution in [0.5, 0.6) is 0 Å². The molecule has 116 valence electrons. The van der Waals surface area contributed by atoms with E-state index in [0.29, 0.717) is 0 Å². The van der Waals surface area contributed by atoms with Crippen LogP contribution >= 0.6 is 0 Å². The van der Waals surface area contributed by atoms with Crippen LogP contribution in [0.1, 0.15) is 22.3 Å². The summed E-state index contributed by atoms with van der Waals surface area (Å²) in [4.78, 5) is 2.43. The molecule has 0 bridgehead atoms. The van der Waals surface area contributed by atoms with E-state index in [-0.39, 0.29) is 0 Å². The molecule has 0 N–H and O–H groups in total. The third-order valence-corrected chi connectivity index (χ3v) is 4.11. The zero-order valence-electron chi connectivity index (χ0n) is 13.9. The molecule has 0 spiro atoms. The minimum Gasteiger partial charge on any atom is -0.363 e. The van der Waals surface area contributed by atoms with E-state index in [9.17, 15) is 0 Å². The summed E-state index contributed by atoms with van der Waals surface area (Å²) in [5.41, 5.74) is 6.55. The molecule has 3 aromatic carbocycles. The number of aryl methyl sites for hydroxylation is 2. The van der Waals surface area contributed by atoms with Gasteiger partial charge in [-0.2, -0.15) is 0 Å². The Morgan fingerprint density at radius 2 is 1.00 bits per heavy atom. The molecule has 0 heterocycles. The highest BCUT2D eigenvalue weighted by atomic mass is 15.1. The van der Waals surface area contributed by atoms with Gasteiger partial charge in [0.1, 0.15) is 0 Å². The maximum atomic E-state index is 2.43. The summed E-state index contributed by atoms with van der Waals surface area (Å²) in [7, 11) is 0. The normalized spacial score (nSPS) is 10.5. The summed E-state index contributed by atoms with van der Waals surface area (Å²) in [6, 6.07) is 28.3. The molecule has 0 radical (unpaired) electrons. The van der Waals surface area contributed by atoms with Crippen molar-refractivity contribution in [2.45, 2.75) is 26.9 Å². The second kappa shape index (κ2) is 7.15. The van der Waals surface area contributed by atoms with Gasteiger partial charge in [0, 0.05) is 18.8 Å². The molecule has 1 heteroatoms. The molecule has 23 heavy (non-hydrogen) atoms. The first-order valence-electron chi connectivity index (χ1n) is 8.12. The first-order valence-corrected chi connectivity index (χ1v) is 8.12. The van der Waals surface area contributed by atoms with Gasteiger partial charge in [0.25, 0.3) is 0 Å². The summed E-state index contributed by atoms with van der Waals surface area (Å²) < 4.78 is 0. The van der Waals surface area contributed by atoms with Gasteiger partial charge in [-0.05, 0) is 37.1 Å². The van der Waals surface area contributed by atoms with Gasteiger partial charge in [0.15, 0.2) is 0 Å². The van der Waals surface area contributed by atoms with Crippen molar-refractivity contribution < 1.29 is 0 Å². The fraction of sp³-hybridized carbons (Fsp3) is 0.182. The second-order valence-electron chi connectivity index (χ2n) is 6.16. The predicted molar refractivity (Wildman–Crippen MR) is 98.7 cm³/mol. The van der Waals surface area contributed by atoms with Crippen LogP contribution in [0.2, 0.25) is 0 Å². The van der Waals surface area contributed by atoms with E-state index in [1.165, 1.54) is 27.9 Å². The van der Waals surface area contributed by atoms with Crippen LogP contribution in [-0.2, 0) is 13.1 Å². The van der Waals surface area contributed by atoms with Crippen molar-refractivity contribution in [2.24, 2.45) is 0 Å². The van der Waals surface area contributed by atoms with Gasteiger partial charge in [-0.25, -0.2) is 0 Å². The van der Waals surface area contributed by atoms with Crippen molar-refractivity contribution in [3.63, 3.8) is 0 Å². The van der Waals surface area contributed by atoms with Crippen molar-refractivity contribution in [2.75, 3.05) is 4.90 Å². The largest absolute Gasteiger partial charge is 0.363 e. The summed E-state index contributed by atoms with van der Waals surface area (Å²) in [5.74, 6) is 0. The third-order valence-electron chi connectivity index (χ3n) is 4.11. The maximum Gasteiger partial charge on any atom is 0.0433 e. The number of para-hydroxylation sites is 1. The third kappa shape index (κ3) is 4.23. The van der Waals surface area contributed by atoms with E-state index in [1.54, 1.807) is 0 Å². The van der Waals surface area contributed by atoms with Gasteiger partial charge >= 0.3 is 0 Å². The highest BCUT2D eigenvalue weighted by molar-refractivity contribution is 5.47. The van der Waals surface area contributed by atoms with Crippen molar-refractivity contribution in [3.05, 3.63) is 101 Å². The Hall–Kier alpha value is -2.54. The Labute approximate surface area is 139 Å². The quantitative estimate of drug-likeness (QED) is 0.600. The summed E-state index contributed by atoms with van der Waals surface area (Å²) in [5, 5.41) is 0. The minimum atomic E-state index is 0.915. The average Bonchev–Trinajstić information content (AvgIpc) is 2.59. The molecular weight excluding hydrogens is 278 g/mol. The highest BCUT2D eigenvalue weighted by Gasteiger charge is 2.08. The van der Waals surface area contributed by atoms with E-state index in [0.717, 1.165) is 13.1 Å². The SMILES string of the molecule is Cc1ccc(CN(Cc2ccc(C)cc2)c2ccccc2)cc1. The van der Waals surface area contributed by atoms with Crippen molar-refractivity contribution in [1.82, 2.24) is 0 Å². The summed E-state index contributed by atoms with van der Waals surface area (Å²) >= 11 is 0. The molecule has 0 atom stereocenters. The molecule has 3 aromatic rings. The Morgan fingerprint density at radius 3 is 1.43 bits per heavy atom. The lowest BCUT2D eigenvalue weighted by molar-refractivity contribution is 0.799. The topological polar surface area (TPSA) is 3.24 Å². The lowest BCUT2D eigenvalue weighted by atomic mass is 10.1. The van der Waals surface area contributed by atoms with Crippen LogP contribution in [0.25, 0.3) is 0 Å². The van der Waals surface area contributed by atoms with E-state index in [4.69, 9.17) is 0 Å². The Bertz CT molecular complexity index is 680. The highest BCUT2D eigenvalue weighted by Crippen LogP contribution is 2.20. The average molecular weight is 301 g/mol. The molecular formula is C22H23N. The maximum absolute atomic E-state index is 2.43. The molecule has 0 unspecified atom stereocenters. The molecule has 0 saturated heterocycles. The Balaban J connectivity index is 1.84. The monoisotopic (exact) mass is 301 g/mol. The zero-order valence-corrected chi connectivity index (χ0v) is 13.9. The van der Waals surface area contributed by atoms with E-state index in [2.05, 4.69) is 97.6 Å². The second-order valence-corrected chi connectivity index (χ2v) is 6.16. The van der Waals surface area contributed by atoms with Crippen LogP contribution in [0, 0.1) is 13.8 Å². The molecule has 0 amide bonds. The first kappa shape index (κ1) is 15.4. The number of nitrogens with zero attached hydrogens (tertiary/aromatic N) is 1. The van der Waals surface area contributed by atoms with Gasteiger partial charge in [0.2, 0.25) is 0 Å². The smallest absolute Gasteiger partial charge is 0.0433 e. The van der Waals surface area contributed by atoms with Gasteiger partial charge in [-0.1, -0.05) is 77.9 Å². The van der Waals surface area contributed by atoms with Crippen LogP contribution in [-0.4, -0.2) is 0 Å². The standard InChI is InChI=1S/C22H23N/c1-18-8-12-20(13-9-18)16-23(22-6-4-3-5-7-22)17-21-14-10-19(2)11-15-21/h3-15H,16-17H2,1-2H3. The fourth-order valence-electron chi connectivity index (χ4n) is 2.71. The van der Waals surface area contributed by atoms with Crippen LogP contribution in [0.4, 0.5) is 5.69 Å². The van der Waals surface area contributed by atoms with Crippen LogP contribution < -0.4 is 4.90 Å². The summed E-state index contributed by atoms with van der Waals surface area (Å²) in [6.07, 6.45) is 0. The van der Waals surface area contributed by atoms with E-state index >= 15 is 0 Å². The molecule has 0 aliphatic heterocycles.